The van der Waals surface area contributed by atoms with E-state index in [0.717, 1.165) is 0 Å². The molecule has 1 saturated heterocycles. The second kappa shape index (κ2) is 4.73. The van der Waals surface area contributed by atoms with E-state index >= 15 is 0 Å². The Bertz CT molecular complexity index is 104. The Kier molecular flexibility index (Phi) is 3.87. The Balaban J connectivity index is 2.22. The highest BCUT2D eigenvalue weighted by molar-refractivity contribution is 4.72. The van der Waals surface area contributed by atoms with Crippen molar-refractivity contribution in [1.82, 2.24) is 9.80 Å². The molecule has 0 aromatic carbocycles. The molecule has 1 radical (unpaired) electrons. The van der Waals surface area contributed by atoms with E-state index < -0.39 is 0 Å². The lowest BCUT2D eigenvalue weighted by Gasteiger charge is -2.17. The Morgan fingerprint density at radius 3 is 2.73 bits per heavy atom. The number of nitrogens with zero attached hydrogens (tertiary/aromatic N) is 2. The van der Waals surface area contributed by atoms with Gasteiger partial charge >= 0.3 is 0 Å². The van der Waals surface area contributed by atoms with Gasteiger partial charge in [-0.25, -0.2) is 0 Å². The summed E-state index contributed by atoms with van der Waals surface area (Å²) in [6.45, 7) is 9.46. The minimum atomic E-state index is 1.17. The van der Waals surface area contributed by atoms with Crippen molar-refractivity contribution in [2.75, 3.05) is 33.2 Å². The second-order valence-corrected chi connectivity index (χ2v) is 3.28. The molecule has 0 saturated carbocycles. The number of hydrogen-bond donors (Lipinski definition) is 0. The molecule has 0 aromatic rings. The zero-order valence-electron chi connectivity index (χ0n) is 7.71. The summed E-state index contributed by atoms with van der Waals surface area (Å²) in [5.41, 5.74) is 0. The van der Waals surface area contributed by atoms with Crippen molar-refractivity contribution in [3.63, 3.8) is 0 Å². The topological polar surface area (TPSA) is 6.48 Å². The van der Waals surface area contributed by atoms with Crippen LogP contribution >= 0.6 is 0 Å². The highest BCUT2D eigenvalue weighted by Crippen LogP contribution is 2.03. The van der Waals surface area contributed by atoms with E-state index in [1.807, 2.05) is 0 Å². The van der Waals surface area contributed by atoms with Crippen LogP contribution in [0.25, 0.3) is 0 Å². The minimum Gasteiger partial charge on any atom is -0.305 e. The maximum Gasteiger partial charge on any atom is 0.0249 e. The zero-order valence-corrected chi connectivity index (χ0v) is 7.71. The molecule has 0 aliphatic carbocycles. The standard InChI is InChI=1S/C9H19N2/c1-3-5-11-7-4-6-10(2)8-9-11/h5H,3-4,6-9H2,1-2H3. The SMILES string of the molecule is CC[CH]N1CCCN(C)CC1. The van der Waals surface area contributed by atoms with Crippen LogP contribution in [-0.4, -0.2) is 43.0 Å². The first-order chi connectivity index (χ1) is 5.33. The molecule has 65 valence electrons. The van der Waals surface area contributed by atoms with Crippen molar-refractivity contribution in [3.05, 3.63) is 6.54 Å². The van der Waals surface area contributed by atoms with Crippen LogP contribution in [0.15, 0.2) is 0 Å². The van der Waals surface area contributed by atoms with E-state index in [-0.39, 0.29) is 0 Å². The summed E-state index contributed by atoms with van der Waals surface area (Å²) in [4.78, 5) is 4.85. The lowest BCUT2D eigenvalue weighted by Crippen LogP contribution is -2.26. The average molecular weight is 155 g/mol. The van der Waals surface area contributed by atoms with E-state index in [2.05, 4.69) is 30.3 Å². The fourth-order valence-corrected chi connectivity index (χ4v) is 1.51. The first-order valence-electron chi connectivity index (χ1n) is 4.59. The molecule has 1 rings (SSSR count). The third-order valence-electron chi connectivity index (χ3n) is 2.19. The van der Waals surface area contributed by atoms with E-state index in [1.165, 1.54) is 39.0 Å². The molecule has 0 amide bonds. The molecule has 1 heterocycles. The van der Waals surface area contributed by atoms with Crippen molar-refractivity contribution < 1.29 is 0 Å². The monoisotopic (exact) mass is 155 g/mol. The second-order valence-electron chi connectivity index (χ2n) is 3.28. The molecule has 0 atom stereocenters. The van der Waals surface area contributed by atoms with Crippen molar-refractivity contribution in [2.24, 2.45) is 0 Å². The van der Waals surface area contributed by atoms with Crippen LogP contribution in [0.4, 0.5) is 0 Å². The van der Waals surface area contributed by atoms with Gasteiger partial charge in [0.25, 0.3) is 0 Å². The van der Waals surface area contributed by atoms with Gasteiger partial charge in [0, 0.05) is 19.6 Å². The molecule has 1 aliphatic rings. The van der Waals surface area contributed by atoms with Crippen LogP contribution in [0.1, 0.15) is 19.8 Å². The lowest BCUT2D eigenvalue weighted by atomic mass is 10.3. The zero-order chi connectivity index (χ0) is 8.10. The molecule has 0 N–H and O–H groups in total. The smallest absolute Gasteiger partial charge is 0.0249 e. The molecule has 0 spiro atoms. The summed E-state index contributed by atoms with van der Waals surface area (Å²) >= 11 is 0. The van der Waals surface area contributed by atoms with Gasteiger partial charge in [-0.15, -0.1) is 0 Å². The molecule has 2 heteroatoms. The van der Waals surface area contributed by atoms with Crippen LogP contribution in [-0.2, 0) is 0 Å². The van der Waals surface area contributed by atoms with Gasteiger partial charge in [-0.05, 0) is 33.0 Å². The molecule has 0 bridgehead atoms. The largest absolute Gasteiger partial charge is 0.305 e. The van der Waals surface area contributed by atoms with E-state index in [4.69, 9.17) is 0 Å². The van der Waals surface area contributed by atoms with Crippen molar-refractivity contribution in [3.8, 4) is 0 Å². The van der Waals surface area contributed by atoms with Crippen LogP contribution in [0.2, 0.25) is 0 Å². The number of likely N-dealkylation sites (N-methyl/N-ethyl adjacent to an activating group) is 1. The molecular formula is C9H19N2. The summed E-state index contributed by atoms with van der Waals surface area (Å²) < 4.78 is 0. The Morgan fingerprint density at radius 1 is 1.18 bits per heavy atom. The summed E-state index contributed by atoms with van der Waals surface area (Å²) in [6, 6.07) is 0. The predicted molar refractivity (Wildman–Crippen MR) is 48.3 cm³/mol. The molecule has 0 unspecified atom stereocenters. The maximum atomic E-state index is 2.45. The van der Waals surface area contributed by atoms with Gasteiger partial charge in [-0.3, -0.25) is 4.90 Å². The first kappa shape index (κ1) is 9.01. The first-order valence-corrected chi connectivity index (χ1v) is 4.59. The van der Waals surface area contributed by atoms with Gasteiger partial charge in [0.2, 0.25) is 0 Å². The average Bonchev–Trinajstić information content (AvgIpc) is 2.17. The summed E-state index contributed by atoms with van der Waals surface area (Å²) in [6.07, 6.45) is 2.48. The number of rotatable bonds is 2. The predicted octanol–water partition coefficient (Wildman–Crippen LogP) is 1.20. The molecule has 11 heavy (non-hydrogen) atoms. The third-order valence-corrected chi connectivity index (χ3v) is 2.19. The van der Waals surface area contributed by atoms with Crippen molar-refractivity contribution in [2.45, 2.75) is 19.8 Å². The van der Waals surface area contributed by atoms with E-state index in [1.54, 1.807) is 0 Å². The fraction of sp³-hybridized carbons (Fsp3) is 0.889. The van der Waals surface area contributed by atoms with E-state index in [0.29, 0.717) is 0 Å². The van der Waals surface area contributed by atoms with Crippen LogP contribution in [0.5, 0.6) is 0 Å². The van der Waals surface area contributed by atoms with Crippen molar-refractivity contribution >= 4 is 0 Å². The highest BCUT2D eigenvalue weighted by atomic mass is 15.2. The van der Waals surface area contributed by atoms with Gasteiger partial charge in [0.05, 0.1) is 0 Å². The molecule has 2 nitrogen and oxygen atoms in total. The molecule has 1 fully saturated rings. The Morgan fingerprint density at radius 2 is 2.00 bits per heavy atom. The third kappa shape index (κ3) is 3.21. The van der Waals surface area contributed by atoms with Crippen LogP contribution in [0.3, 0.4) is 0 Å². The normalized spacial score (nSPS) is 23.5. The number of hydrogen-bond acceptors (Lipinski definition) is 2. The Labute approximate surface area is 70.2 Å². The van der Waals surface area contributed by atoms with Gasteiger partial charge in [0.1, 0.15) is 0 Å². The van der Waals surface area contributed by atoms with Gasteiger partial charge < -0.3 is 4.90 Å². The highest BCUT2D eigenvalue weighted by Gasteiger charge is 2.10. The quantitative estimate of drug-likeness (QED) is 0.591. The summed E-state index contributed by atoms with van der Waals surface area (Å²) in [5, 5.41) is 0. The van der Waals surface area contributed by atoms with Gasteiger partial charge in [-0.1, -0.05) is 6.92 Å². The van der Waals surface area contributed by atoms with Crippen LogP contribution < -0.4 is 0 Å². The molecule has 0 aromatic heterocycles. The van der Waals surface area contributed by atoms with Gasteiger partial charge in [-0.2, -0.15) is 0 Å². The summed E-state index contributed by atoms with van der Waals surface area (Å²) in [5.74, 6) is 0. The molecule has 1 aliphatic heterocycles. The molecular weight excluding hydrogens is 136 g/mol. The minimum absolute atomic E-state index is 1.17. The van der Waals surface area contributed by atoms with E-state index in [9.17, 15) is 0 Å². The van der Waals surface area contributed by atoms with Crippen molar-refractivity contribution in [1.29, 1.82) is 0 Å². The lowest BCUT2D eigenvalue weighted by molar-refractivity contribution is 0.316. The van der Waals surface area contributed by atoms with Gasteiger partial charge in [0.15, 0.2) is 0 Å². The summed E-state index contributed by atoms with van der Waals surface area (Å²) in [7, 11) is 2.20. The maximum absolute atomic E-state index is 2.45. The Hall–Kier alpha value is -0.0800. The van der Waals surface area contributed by atoms with Crippen LogP contribution in [0, 0.1) is 6.54 Å². The fourth-order valence-electron chi connectivity index (χ4n) is 1.51.